The molecule has 0 atom stereocenters. The maximum atomic E-state index is 4.99. The Morgan fingerprint density at radius 1 is 1.41 bits per heavy atom. The van der Waals surface area contributed by atoms with Gasteiger partial charge in [-0.1, -0.05) is 0 Å². The van der Waals surface area contributed by atoms with Crippen molar-refractivity contribution in [2.45, 2.75) is 6.54 Å². The molecule has 5 nitrogen and oxygen atoms in total. The average molecular weight is 293 g/mol. The van der Waals surface area contributed by atoms with Crippen molar-refractivity contribution < 1.29 is 4.42 Å². The fraction of sp³-hybridized carbons (Fsp3) is 0.0909. The molecule has 0 aliphatic rings. The van der Waals surface area contributed by atoms with Crippen molar-refractivity contribution in [2.24, 2.45) is 0 Å². The van der Waals surface area contributed by atoms with Crippen LogP contribution in [0.2, 0.25) is 0 Å². The molecule has 0 unspecified atom stereocenters. The van der Waals surface area contributed by atoms with Crippen molar-refractivity contribution in [2.75, 3.05) is 5.32 Å². The van der Waals surface area contributed by atoms with Gasteiger partial charge in [0.1, 0.15) is 0 Å². The highest BCUT2D eigenvalue weighted by Crippen LogP contribution is 2.17. The topological polar surface area (TPSA) is 55.4 Å². The van der Waals surface area contributed by atoms with Gasteiger partial charge >= 0.3 is 0 Å². The van der Waals surface area contributed by atoms with Crippen LogP contribution < -0.4 is 5.32 Å². The molecule has 1 N–H and O–H groups in total. The zero-order valence-corrected chi connectivity index (χ0v) is 10.4. The number of hydrogen-bond acceptors (Lipinski definition) is 4. The van der Waals surface area contributed by atoms with Gasteiger partial charge in [-0.2, -0.15) is 4.98 Å². The fourth-order valence-electron chi connectivity index (χ4n) is 1.52. The number of rotatable bonds is 3. The van der Waals surface area contributed by atoms with Gasteiger partial charge in [-0.25, -0.2) is 4.52 Å². The normalized spacial score (nSPS) is 10.9. The summed E-state index contributed by atoms with van der Waals surface area (Å²) in [5, 5.41) is 7.45. The van der Waals surface area contributed by atoms with Crippen LogP contribution in [0.5, 0.6) is 0 Å². The summed E-state index contributed by atoms with van der Waals surface area (Å²) in [5.41, 5.74) is 1.85. The van der Waals surface area contributed by atoms with Crippen molar-refractivity contribution >= 4 is 27.5 Å². The van der Waals surface area contributed by atoms with Gasteiger partial charge in [0.05, 0.1) is 17.0 Å². The number of aromatic nitrogens is 3. The molecule has 3 aromatic rings. The zero-order valence-electron chi connectivity index (χ0n) is 8.80. The number of nitrogens with one attached hydrogen (secondary N) is 1. The molecule has 0 saturated heterocycles. The van der Waals surface area contributed by atoms with Crippen molar-refractivity contribution in [3.8, 4) is 0 Å². The summed E-state index contributed by atoms with van der Waals surface area (Å²) in [6.45, 7) is 0.644. The molecule has 0 radical (unpaired) electrons. The fourth-order valence-corrected chi connectivity index (χ4v) is 1.95. The largest absolute Gasteiger partial charge is 0.472 e. The molecular weight excluding hydrogens is 284 g/mol. The van der Waals surface area contributed by atoms with E-state index >= 15 is 0 Å². The average Bonchev–Trinajstić information content (AvgIpc) is 2.95. The number of anilines is 1. The van der Waals surface area contributed by atoms with Crippen LogP contribution in [-0.4, -0.2) is 14.6 Å². The summed E-state index contributed by atoms with van der Waals surface area (Å²) in [7, 11) is 0. The molecule has 0 amide bonds. The van der Waals surface area contributed by atoms with E-state index in [-0.39, 0.29) is 0 Å². The standard InChI is InChI=1S/C11H9BrN4O/c12-9-2-1-4-16-10(9)14-11(15-16)13-6-8-3-5-17-7-8/h1-5,7H,6H2,(H,13,15). The highest BCUT2D eigenvalue weighted by Gasteiger charge is 2.05. The van der Waals surface area contributed by atoms with Gasteiger partial charge in [0.25, 0.3) is 0 Å². The van der Waals surface area contributed by atoms with E-state index in [0.29, 0.717) is 12.5 Å². The van der Waals surface area contributed by atoms with Crippen LogP contribution in [0, 0.1) is 0 Å². The zero-order chi connectivity index (χ0) is 11.7. The lowest BCUT2D eigenvalue weighted by molar-refractivity contribution is 0.564. The monoisotopic (exact) mass is 292 g/mol. The third-order valence-electron chi connectivity index (χ3n) is 2.35. The van der Waals surface area contributed by atoms with E-state index in [9.17, 15) is 0 Å². The number of nitrogens with zero attached hydrogens (tertiary/aromatic N) is 3. The maximum absolute atomic E-state index is 4.99. The molecule has 3 rings (SSSR count). The first kappa shape index (κ1) is 10.3. The van der Waals surface area contributed by atoms with Crippen molar-refractivity contribution in [3.05, 3.63) is 47.0 Å². The molecule has 6 heteroatoms. The first-order valence-corrected chi connectivity index (χ1v) is 5.88. The van der Waals surface area contributed by atoms with Gasteiger partial charge < -0.3 is 9.73 Å². The second kappa shape index (κ2) is 4.21. The molecule has 3 aromatic heterocycles. The van der Waals surface area contributed by atoms with E-state index in [1.165, 1.54) is 0 Å². The Morgan fingerprint density at radius 3 is 3.12 bits per heavy atom. The van der Waals surface area contributed by atoms with E-state index in [1.54, 1.807) is 17.0 Å². The van der Waals surface area contributed by atoms with Gasteiger partial charge in [-0.05, 0) is 34.1 Å². The summed E-state index contributed by atoms with van der Waals surface area (Å²) < 4.78 is 7.63. The Balaban J connectivity index is 1.84. The van der Waals surface area contributed by atoms with E-state index < -0.39 is 0 Å². The summed E-state index contributed by atoms with van der Waals surface area (Å²) in [6.07, 6.45) is 5.19. The Hall–Kier alpha value is -1.82. The lowest BCUT2D eigenvalue weighted by atomic mass is 10.3. The van der Waals surface area contributed by atoms with E-state index in [2.05, 4.69) is 31.3 Å². The Kier molecular flexibility index (Phi) is 2.56. The molecule has 0 aliphatic heterocycles. The summed E-state index contributed by atoms with van der Waals surface area (Å²) in [6, 6.07) is 5.74. The van der Waals surface area contributed by atoms with Gasteiger partial charge in [-0.15, -0.1) is 5.10 Å². The van der Waals surface area contributed by atoms with Gasteiger partial charge in [0.15, 0.2) is 5.65 Å². The molecule has 3 heterocycles. The van der Waals surface area contributed by atoms with Crippen molar-refractivity contribution in [1.82, 2.24) is 14.6 Å². The van der Waals surface area contributed by atoms with E-state index in [0.717, 1.165) is 15.7 Å². The Bertz CT molecular complexity index is 632. The van der Waals surface area contributed by atoms with Crippen LogP contribution in [0.15, 0.2) is 45.8 Å². The van der Waals surface area contributed by atoms with Crippen LogP contribution >= 0.6 is 15.9 Å². The van der Waals surface area contributed by atoms with Gasteiger partial charge in [0, 0.05) is 18.3 Å². The van der Waals surface area contributed by atoms with Crippen molar-refractivity contribution in [3.63, 3.8) is 0 Å². The first-order valence-electron chi connectivity index (χ1n) is 5.09. The number of halogens is 1. The number of furan rings is 1. The first-order chi connectivity index (χ1) is 8.33. The van der Waals surface area contributed by atoms with Crippen LogP contribution in [-0.2, 0) is 6.54 Å². The minimum atomic E-state index is 0.595. The molecule has 0 fully saturated rings. The van der Waals surface area contributed by atoms with E-state index in [4.69, 9.17) is 4.42 Å². The highest BCUT2D eigenvalue weighted by atomic mass is 79.9. The second-order valence-corrected chi connectivity index (χ2v) is 4.40. The van der Waals surface area contributed by atoms with Crippen LogP contribution in [0.25, 0.3) is 5.65 Å². The van der Waals surface area contributed by atoms with Crippen molar-refractivity contribution in [1.29, 1.82) is 0 Å². The molecule has 17 heavy (non-hydrogen) atoms. The smallest absolute Gasteiger partial charge is 0.243 e. The lowest BCUT2D eigenvalue weighted by Crippen LogP contribution is -1.99. The molecule has 86 valence electrons. The lowest BCUT2D eigenvalue weighted by Gasteiger charge is -1.96. The van der Waals surface area contributed by atoms with Gasteiger partial charge in [-0.3, -0.25) is 0 Å². The Labute approximate surface area is 106 Å². The van der Waals surface area contributed by atoms with Crippen LogP contribution in [0.3, 0.4) is 0 Å². The predicted octanol–water partition coefficient (Wildman–Crippen LogP) is 2.70. The molecular formula is C11H9BrN4O. The Morgan fingerprint density at radius 2 is 2.35 bits per heavy atom. The number of pyridine rings is 1. The predicted molar refractivity (Wildman–Crippen MR) is 66.7 cm³/mol. The third kappa shape index (κ3) is 2.03. The molecule has 0 spiro atoms. The number of fused-ring (bicyclic) bond motifs is 1. The minimum absolute atomic E-state index is 0.595. The molecule has 0 aromatic carbocycles. The van der Waals surface area contributed by atoms with E-state index in [1.807, 2.05) is 24.4 Å². The summed E-state index contributed by atoms with van der Waals surface area (Å²) in [5.74, 6) is 0.595. The summed E-state index contributed by atoms with van der Waals surface area (Å²) >= 11 is 3.43. The second-order valence-electron chi connectivity index (χ2n) is 3.54. The quantitative estimate of drug-likeness (QED) is 0.806. The summed E-state index contributed by atoms with van der Waals surface area (Å²) in [4.78, 5) is 4.37. The SMILES string of the molecule is Brc1cccn2nc(NCc3ccoc3)nc12. The highest BCUT2D eigenvalue weighted by molar-refractivity contribution is 9.10. The van der Waals surface area contributed by atoms with Gasteiger partial charge in [0.2, 0.25) is 5.95 Å². The molecule has 0 saturated carbocycles. The molecule has 0 bridgehead atoms. The minimum Gasteiger partial charge on any atom is -0.472 e. The molecule has 0 aliphatic carbocycles. The van der Waals surface area contributed by atoms with Crippen LogP contribution in [0.1, 0.15) is 5.56 Å². The van der Waals surface area contributed by atoms with Crippen LogP contribution in [0.4, 0.5) is 5.95 Å². The number of hydrogen-bond donors (Lipinski definition) is 1. The third-order valence-corrected chi connectivity index (χ3v) is 2.96. The maximum Gasteiger partial charge on any atom is 0.243 e.